The summed E-state index contributed by atoms with van der Waals surface area (Å²) < 4.78 is 2.07. The van der Waals surface area contributed by atoms with Crippen molar-refractivity contribution in [3.63, 3.8) is 0 Å². The Morgan fingerprint density at radius 3 is 2.45 bits per heavy atom. The van der Waals surface area contributed by atoms with Gasteiger partial charge in [-0.05, 0) is 48.5 Å². The number of H-pyrrole nitrogens is 1. The van der Waals surface area contributed by atoms with Crippen molar-refractivity contribution in [1.29, 1.82) is 0 Å². The van der Waals surface area contributed by atoms with E-state index in [0.29, 0.717) is 0 Å². The zero-order valence-corrected chi connectivity index (χ0v) is 10.7. The molecule has 3 heterocycles. The lowest BCUT2D eigenvalue weighted by atomic mass is 10.2. The summed E-state index contributed by atoms with van der Waals surface area (Å²) in [5.41, 5.74) is 3.89. The third kappa shape index (κ3) is 1.78. The largest absolute Gasteiger partial charge is 0.324 e. The van der Waals surface area contributed by atoms with Crippen LogP contribution >= 0.6 is 0 Å². The van der Waals surface area contributed by atoms with Gasteiger partial charge in [0.25, 0.3) is 0 Å². The molecule has 1 N–H and O–H groups in total. The standard InChI is InChI=1S/C16H12N4/c1-2-11-20(10-1)13-7-5-12(6-8-13)15-18-14-4-3-9-17-16(14)19-15/h1-11H,(H,17,18,19). The van der Waals surface area contributed by atoms with Crippen LogP contribution in [0.1, 0.15) is 0 Å². The number of nitrogens with one attached hydrogen (secondary N) is 1. The molecule has 0 radical (unpaired) electrons. The average molecular weight is 260 g/mol. The predicted molar refractivity (Wildman–Crippen MR) is 78.7 cm³/mol. The number of fused-ring (bicyclic) bond motifs is 1. The molecule has 3 aromatic heterocycles. The van der Waals surface area contributed by atoms with Crippen molar-refractivity contribution < 1.29 is 0 Å². The average Bonchev–Trinajstić information content (AvgIpc) is 3.17. The molecule has 1 aromatic carbocycles. The Balaban J connectivity index is 1.75. The number of pyridine rings is 1. The Morgan fingerprint density at radius 2 is 1.70 bits per heavy atom. The molecule has 0 fully saturated rings. The summed E-state index contributed by atoms with van der Waals surface area (Å²) in [6, 6.07) is 16.2. The van der Waals surface area contributed by atoms with E-state index in [1.54, 1.807) is 6.20 Å². The summed E-state index contributed by atoms with van der Waals surface area (Å²) >= 11 is 0. The minimum atomic E-state index is 0.817. The number of nitrogens with zero attached hydrogens (tertiary/aromatic N) is 3. The maximum Gasteiger partial charge on any atom is 0.157 e. The number of aromatic amines is 1. The van der Waals surface area contributed by atoms with E-state index < -0.39 is 0 Å². The number of rotatable bonds is 2. The number of benzene rings is 1. The van der Waals surface area contributed by atoms with Gasteiger partial charge in [-0.25, -0.2) is 9.97 Å². The van der Waals surface area contributed by atoms with Gasteiger partial charge in [0.2, 0.25) is 0 Å². The second kappa shape index (κ2) is 4.35. The summed E-state index contributed by atoms with van der Waals surface area (Å²) in [6.45, 7) is 0. The van der Waals surface area contributed by atoms with Gasteiger partial charge in [0.15, 0.2) is 5.65 Å². The summed E-state index contributed by atoms with van der Waals surface area (Å²) in [5.74, 6) is 0.845. The smallest absolute Gasteiger partial charge is 0.157 e. The van der Waals surface area contributed by atoms with E-state index >= 15 is 0 Å². The quantitative estimate of drug-likeness (QED) is 0.600. The van der Waals surface area contributed by atoms with Crippen LogP contribution in [0.5, 0.6) is 0 Å². The van der Waals surface area contributed by atoms with Crippen molar-refractivity contribution in [3.8, 4) is 17.1 Å². The van der Waals surface area contributed by atoms with Gasteiger partial charge in [0, 0.05) is 29.8 Å². The summed E-state index contributed by atoms with van der Waals surface area (Å²) in [6.07, 6.45) is 5.82. The van der Waals surface area contributed by atoms with E-state index in [4.69, 9.17) is 0 Å². The van der Waals surface area contributed by atoms with Crippen molar-refractivity contribution in [3.05, 3.63) is 67.1 Å². The number of hydrogen-bond acceptors (Lipinski definition) is 2. The molecule has 0 saturated heterocycles. The maximum atomic E-state index is 4.55. The lowest BCUT2D eigenvalue weighted by Gasteiger charge is -2.03. The van der Waals surface area contributed by atoms with Crippen LogP contribution in [0.3, 0.4) is 0 Å². The molecular weight excluding hydrogens is 248 g/mol. The van der Waals surface area contributed by atoms with E-state index in [1.807, 2.05) is 36.7 Å². The number of hydrogen-bond donors (Lipinski definition) is 1. The van der Waals surface area contributed by atoms with Gasteiger partial charge in [-0.3, -0.25) is 0 Å². The Labute approximate surface area is 115 Å². The minimum absolute atomic E-state index is 0.817. The fourth-order valence-corrected chi connectivity index (χ4v) is 2.28. The highest BCUT2D eigenvalue weighted by atomic mass is 15.0. The van der Waals surface area contributed by atoms with Gasteiger partial charge in [-0.1, -0.05) is 0 Å². The van der Waals surface area contributed by atoms with Gasteiger partial charge in [-0.2, -0.15) is 0 Å². The van der Waals surface area contributed by atoms with Crippen LogP contribution in [-0.2, 0) is 0 Å². The summed E-state index contributed by atoms with van der Waals surface area (Å²) in [5, 5.41) is 0. The van der Waals surface area contributed by atoms with Gasteiger partial charge >= 0.3 is 0 Å². The van der Waals surface area contributed by atoms with Crippen LogP contribution in [0, 0.1) is 0 Å². The van der Waals surface area contributed by atoms with Crippen molar-refractivity contribution in [1.82, 2.24) is 19.5 Å². The molecule has 96 valence electrons. The molecule has 4 nitrogen and oxygen atoms in total. The second-order valence-corrected chi connectivity index (χ2v) is 4.59. The third-order valence-corrected chi connectivity index (χ3v) is 3.30. The zero-order valence-electron chi connectivity index (χ0n) is 10.7. The lowest BCUT2D eigenvalue weighted by Crippen LogP contribution is -1.89. The van der Waals surface area contributed by atoms with Crippen molar-refractivity contribution in [2.45, 2.75) is 0 Å². The van der Waals surface area contributed by atoms with Gasteiger partial charge in [0.05, 0.1) is 0 Å². The summed E-state index contributed by atoms with van der Waals surface area (Å²) in [4.78, 5) is 12.1. The normalized spacial score (nSPS) is 11.0. The van der Waals surface area contributed by atoms with E-state index in [9.17, 15) is 0 Å². The Hall–Kier alpha value is -2.88. The third-order valence-electron chi connectivity index (χ3n) is 3.30. The zero-order chi connectivity index (χ0) is 13.4. The Morgan fingerprint density at radius 1 is 0.900 bits per heavy atom. The molecule has 0 amide bonds. The Bertz CT molecular complexity index is 809. The molecule has 0 aliphatic heterocycles. The molecule has 20 heavy (non-hydrogen) atoms. The summed E-state index contributed by atoms with van der Waals surface area (Å²) in [7, 11) is 0. The number of aromatic nitrogens is 4. The molecule has 4 rings (SSSR count). The van der Waals surface area contributed by atoms with E-state index in [1.165, 1.54) is 0 Å². The fourth-order valence-electron chi connectivity index (χ4n) is 2.28. The first-order valence-electron chi connectivity index (χ1n) is 6.45. The first-order chi connectivity index (χ1) is 9.90. The van der Waals surface area contributed by atoms with Gasteiger partial charge in [-0.15, -0.1) is 0 Å². The highest BCUT2D eigenvalue weighted by Crippen LogP contribution is 2.20. The highest BCUT2D eigenvalue weighted by molar-refractivity contribution is 5.75. The first-order valence-corrected chi connectivity index (χ1v) is 6.45. The molecule has 0 atom stereocenters. The number of imidazole rings is 1. The van der Waals surface area contributed by atoms with Crippen molar-refractivity contribution in [2.24, 2.45) is 0 Å². The van der Waals surface area contributed by atoms with Crippen LogP contribution in [0.15, 0.2) is 67.1 Å². The van der Waals surface area contributed by atoms with Gasteiger partial charge in [0.1, 0.15) is 11.3 Å². The van der Waals surface area contributed by atoms with Crippen LogP contribution < -0.4 is 0 Å². The maximum absolute atomic E-state index is 4.55. The molecule has 0 spiro atoms. The van der Waals surface area contributed by atoms with Crippen LogP contribution in [0.2, 0.25) is 0 Å². The topological polar surface area (TPSA) is 46.5 Å². The molecule has 0 aliphatic rings. The van der Waals surface area contributed by atoms with E-state index in [0.717, 1.165) is 28.2 Å². The molecule has 4 aromatic rings. The van der Waals surface area contributed by atoms with Crippen LogP contribution in [-0.4, -0.2) is 19.5 Å². The van der Waals surface area contributed by atoms with Crippen molar-refractivity contribution in [2.75, 3.05) is 0 Å². The van der Waals surface area contributed by atoms with E-state index in [2.05, 4.69) is 43.8 Å². The predicted octanol–water partition coefficient (Wildman–Crippen LogP) is 3.42. The fraction of sp³-hybridized carbons (Fsp3) is 0. The highest BCUT2D eigenvalue weighted by Gasteiger charge is 2.05. The van der Waals surface area contributed by atoms with Crippen LogP contribution in [0.25, 0.3) is 28.2 Å². The molecule has 4 heteroatoms. The molecule has 0 bridgehead atoms. The molecule has 0 aliphatic carbocycles. The molecule has 0 saturated carbocycles. The van der Waals surface area contributed by atoms with E-state index in [-0.39, 0.29) is 0 Å². The monoisotopic (exact) mass is 260 g/mol. The minimum Gasteiger partial charge on any atom is -0.324 e. The van der Waals surface area contributed by atoms with Crippen LogP contribution in [0.4, 0.5) is 0 Å². The molecule has 0 unspecified atom stereocenters. The molecular formula is C16H12N4. The SMILES string of the molecule is c1cnc2[nH]c(-c3ccc(-n4cccc4)cc3)nc2c1. The lowest BCUT2D eigenvalue weighted by molar-refractivity contribution is 1.08. The Kier molecular flexibility index (Phi) is 2.39. The first kappa shape index (κ1) is 11.0. The van der Waals surface area contributed by atoms with Gasteiger partial charge < -0.3 is 9.55 Å². The second-order valence-electron chi connectivity index (χ2n) is 4.59. The van der Waals surface area contributed by atoms with Crippen molar-refractivity contribution >= 4 is 11.2 Å².